The average molecular weight is 218 g/mol. The minimum absolute atomic E-state index is 0.237. The van der Waals surface area contributed by atoms with Gasteiger partial charge in [-0.05, 0) is 23.8 Å². The summed E-state index contributed by atoms with van der Waals surface area (Å²) in [5.74, 6) is 1.38. The number of hydrogen-bond acceptors (Lipinski definition) is 4. The van der Waals surface area contributed by atoms with Crippen molar-refractivity contribution < 1.29 is 19.0 Å². The van der Waals surface area contributed by atoms with Crippen LogP contribution in [0.25, 0.3) is 0 Å². The van der Waals surface area contributed by atoms with Gasteiger partial charge in [0, 0.05) is 5.56 Å². The molecule has 2 aromatic rings. The largest absolute Gasteiger partial charge is 0.472 e. The molecule has 2 heterocycles. The molecule has 16 heavy (non-hydrogen) atoms. The van der Waals surface area contributed by atoms with Crippen LogP contribution < -0.4 is 9.47 Å². The van der Waals surface area contributed by atoms with E-state index >= 15 is 0 Å². The second kappa shape index (κ2) is 3.57. The Bertz CT molecular complexity index is 490. The molecular formula is C12H10O4. The van der Waals surface area contributed by atoms with E-state index in [1.807, 2.05) is 6.07 Å². The molecule has 0 aliphatic carbocycles. The van der Waals surface area contributed by atoms with Gasteiger partial charge in [-0.2, -0.15) is 0 Å². The minimum Gasteiger partial charge on any atom is -0.472 e. The summed E-state index contributed by atoms with van der Waals surface area (Å²) in [4.78, 5) is 0. The highest BCUT2D eigenvalue weighted by atomic mass is 16.7. The van der Waals surface area contributed by atoms with Crippen LogP contribution in [0.15, 0.2) is 41.2 Å². The van der Waals surface area contributed by atoms with Crippen LogP contribution in [-0.4, -0.2) is 11.9 Å². The molecule has 4 heteroatoms. The predicted octanol–water partition coefficient (Wildman–Crippen LogP) is 2.09. The van der Waals surface area contributed by atoms with Crippen molar-refractivity contribution >= 4 is 0 Å². The Kier molecular flexibility index (Phi) is 2.08. The molecule has 0 amide bonds. The molecular weight excluding hydrogens is 208 g/mol. The van der Waals surface area contributed by atoms with E-state index in [1.54, 1.807) is 18.2 Å². The average Bonchev–Trinajstić information content (AvgIpc) is 2.98. The lowest BCUT2D eigenvalue weighted by molar-refractivity contribution is 0.173. The molecule has 1 aliphatic rings. The summed E-state index contributed by atoms with van der Waals surface area (Å²) < 4.78 is 15.4. The van der Waals surface area contributed by atoms with Crippen molar-refractivity contribution in [2.75, 3.05) is 6.79 Å². The molecule has 1 aliphatic heterocycles. The van der Waals surface area contributed by atoms with Crippen LogP contribution in [0.5, 0.6) is 11.5 Å². The van der Waals surface area contributed by atoms with Gasteiger partial charge < -0.3 is 19.0 Å². The highest BCUT2D eigenvalue weighted by Gasteiger charge is 2.17. The second-order valence-corrected chi connectivity index (χ2v) is 3.57. The molecule has 0 fully saturated rings. The van der Waals surface area contributed by atoms with Gasteiger partial charge >= 0.3 is 0 Å². The fraction of sp³-hybridized carbons (Fsp3) is 0.167. The first kappa shape index (κ1) is 9.30. The summed E-state index contributed by atoms with van der Waals surface area (Å²) >= 11 is 0. The van der Waals surface area contributed by atoms with Crippen LogP contribution in [0.1, 0.15) is 17.2 Å². The maximum atomic E-state index is 10.1. The summed E-state index contributed by atoms with van der Waals surface area (Å²) in [6.45, 7) is 0.237. The molecule has 1 aromatic carbocycles. The van der Waals surface area contributed by atoms with Crippen molar-refractivity contribution in [2.45, 2.75) is 6.10 Å². The highest BCUT2D eigenvalue weighted by molar-refractivity contribution is 5.46. The standard InChI is InChI=1S/C12H10O4/c13-12(9-3-4-14-6-9)8-1-2-10-11(5-8)16-7-15-10/h1-6,12-13H,7H2/t12-/m0/s1. The predicted molar refractivity (Wildman–Crippen MR) is 55.3 cm³/mol. The zero-order valence-corrected chi connectivity index (χ0v) is 8.42. The van der Waals surface area contributed by atoms with E-state index < -0.39 is 6.10 Å². The van der Waals surface area contributed by atoms with E-state index in [0.29, 0.717) is 11.5 Å². The molecule has 1 N–H and O–H groups in total. The first-order valence-corrected chi connectivity index (χ1v) is 4.94. The van der Waals surface area contributed by atoms with Crippen LogP contribution in [0.2, 0.25) is 0 Å². The van der Waals surface area contributed by atoms with Crippen molar-refractivity contribution in [3.8, 4) is 11.5 Å². The number of ether oxygens (including phenoxy) is 2. The van der Waals surface area contributed by atoms with Crippen LogP contribution in [0, 0.1) is 0 Å². The summed E-state index contributed by atoms with van der Waals surface area (Å²) in [5, 5.41) is 10.1. The van der Waals surface area contributed by atoms with Crippen molar-refractivity contribution in [3.05, 3.63) is 47.9 Å². The van der Waals surface area contributed by atoms with Crippen LogP contribution in [0.4, 0.5) is 0 Å². The summed E-state index contributed by atoms with van der Waals surface area (Å²) in [6.07, 6.45) is 2.36. The van der Waals surface area contributed by atoms with Gasteiger partial charge in [0.2, 0.25) is 6.79 Å². The van der Waals surface area contributed by atoms with Crippen molar-refractivity contribution in [3.63, 3.8) is 0 Å². The molecule has 1 aromatic heterocycles. The van der Waals surface area contributed by atoms with E-state index in [9.17, 15) is 5.11 Å². The number of fused-ring (bicyclic) bond motifs is 1. The van der Waals surface area contributed by atoms with Gasteiger partial charge in [-0.25, -0.2) is 0 Å². The third kappa shape index (κ3) is 1.44. The van der Waals surface area contributed by atoms with E-state index in [1.165, 1.54) is 12.5 Å². The zero-order chi connectivity index (χ0) is 11.0. The number of rotatable bonds is 2. The molecule has 0 radical (unpaired) electrons. The van der Waals surface area contributed by atoms with Gasteiger partial charge in [0.1, 0.15) is 6.10 Å². The minimum atomic E-state index is -0.701. The lowest BCUT2D eigenvalue weighted by Gasteiger charge is -2.09. The molecule has 4 nitrogen and oxygen atoms in total. The van der Waals surface area contributed by atoms with E-state index in [4.69, 9.17) is 13.9 Å². The fourth-order valence-corrected chi connectivity index (χ4v) is 1.71. The highest BCUT2D eigenvalue weighted by Crippen LogP contribution is 2.35. The lowest BCUT2D eigenvalue weighted by Crippen LogP contribution is -1.97. The maximum absolute atomic E-state index is 10.1. The SMILES string of the molecule is O[C@H](c1ccoc1)c1ccc2c(c1)OCO2. The Labute approximate surface area is 92.0 Å². The summed E-state index contributed by atoms with van der Waals surface area (Å²) in [7, 11) is 0. The number of hydrogen-bond donors (Lipinski definition) is 1. The lowest BCUT2D eigenvalue weighted by atomic mass is 10.0. The first-order valence-electron chi connectivity index (χ1n) is 4.94. The molecule has 3 rings (SSSR count). The molecule has 0 saturated heterocycles. The molecule has 0 unspecified atom stereocenters. The van der Waals surface area contributed by atoms with Gasteiger partial charge in [-0.3, -0.25) is 0 Å². The number of benzene rings is 1. The quantitative estimate of drug-likeness (QED) is 0.838. The molecule has 82 valence electrons. The Morgan fingerprint density at radius 2 is 1.94 bits per heavy atom. The van der Waals surface area contributed by atoms with Crippen LogP contribution >= 0.6 is 0 Å². The normalized spacial score (nSPS) is 15.1. The van der Waals surface area contributed by atoms with Crippen molar-refractivity contribution in [1.82, 2.24) is 0 Å². The Balaban J connectivity index is 1.95. The topological polar surface area (TPSA) is 51.8 Å². The third-order valence-electron chi connectivity index (χ3n) is 2.57. The van der Waals surface area contributed by atoms with Gasteiger partial charge in [-0.15, -0.1) is 0 Å². The number of aliphatic hydroxyl groups is 1. The Hall–Kier alpha value is -1.94. The van der Waals surface area contributed by atoms with Gasteiger partial charge in [0.05, 0.1) is 12.5 Å². The fourth-order valence-electron chi connectivity index (χ4n) is 1.71. The number of furan rings is 1. The molecule has 1 atom stereocenters. The van der Waals surface area contributed by atoms with Crippen LogP contribution in [-0.2, 0) is 0 Å². The van der Waals surface area contributed by atoms with Crippen molar-refractivity contribution in [1.29, 1.82) is 0 Å². The van der Waals surface area contributed by atoms with Gasteiger partial charge in [-0.1, -0.05) is 6.07 Å². The van der Waals surface area contributed by atoms with Crippen LogP contribution in [0.3, 0.4) is 0 Å². The smallest absolute Gasteiger partial charge is 0.231 e. The van der Waals surface area contributed by atoms with E-state index in [-0.39, 0.29) is 6.79 Å². The molecule has 0 saturated carbocycles. The van der Waals surface area contributed by atoms with E-state index in [0.717, 1.165) is 11.1 Å². The Morgan fingerprint density at radius 3 is 2.75 bits per heavy atom. The Morgan fingerprint density at radius 1 is 1.06 bits per heavy atom. The molecule has 0 bridgehead atoms. The molecule has 0 spiro atoms. The van der Waals surface area contributed by atoms with Crippen molar-refractivity contribution in [2.24, 2.45) is 0 Å². The second-order valence-electron chi connectivity index (χ2n) is 3.57. The maximum Gasteiger partial charge on any atom is 0.231 e. The van der Waals surface area contributed by atoms with Gasteiger partial charge in [0.15, 0.2) is 11.5 Å². The first-order chi connectivity index (χ1) is 7.84. The third-order valence-corrected chi connectivity index (χ3v) is 2.57. The van der Waals surface area contributed by atoms with Gasteiger partial charge in [0.25, 0.3) is 0 Å². The number of aliphatic hydroxyl groups excluding tert-OH is 1. The monoisotopic (exact) mass is 218 g/mol. The van der Waals surface area contributed by atoms with E-state index in [2.05, 4.69) is 0 Å². The summed E-state index contributed by atoms with van der Waals surface area (Å²) in [5.41, 5.74) is 1.48. The zero-order valence-electron chi connectivity index (χ0n) is 8.42. The summed E-state index contributed by atoms with van der Waals surface area (Å²) in [6, 6.07) is 7.11.